The molecule has 6 nitrogen and oxygen atoms in total. The van der Waals surface area contributed by atoms with Gasteiger partial charge in [-0.3, -0.25) is 4.79 Å². The highest BCUT2D eigenvalue weighted by atomic mass is 35.5. The molecule has 0 aliphatic carbocycles. The number of rotatable bonds is 4. The van der Waals surface area contributed by atoms with E-state index in [1.165, 1.54) is 0 Å². The number of halogens is 1. The van der Waals surface area contributed by atoms with Gasteiger partial charge in [-0.25, -0.2) is 4.68 Å². The summed E-state index contributed by atoms with van der Waals surface area (Å²) in [5.74, 6) is -0.131. The van der Waals surface area contributed by atoms with Crippen LogP contribution in [-0.4, -0.2) is 49.6 Å². The SMILES string of the molecule is Cc1c(C(=O)N2CCCC2CC(C)O)nnn1-c1ccccc1Cl. The fourth-order valence-electron chi connectivity index (χ4n) is 3.26. The van der Waals surface area contributed by atoms with E-state index in [2.05, 4.69) is 10.3 Å². The van der Waals surface area contributed by atoms with Crippen molar-refractivity contribution in [3.05, 3.63) is 40.7 Å². The van der Waals surface area contributed by atoms with E-state index in [4.69, 9.17) is 11.6 Å². The quantitative estimate of drug-likeness (QED) is 0.921. The molecule has 1 aliphatic heterocycles. The highest BCUT2D eigenvalue weighted by Crippen LogP contribution is 2.25. The topological polar surface area (TPSA) is 71.2 Å². The number of likely N-dealkylation sites (tertiary alicyclic amines) is 1. The van der Waals surface area contributed by atoms with Crippen molar-refractivity contribution in [1.29, 1.82) is 0 Å². The van der Waals surface area contributed by atoms with E-state index < -0.39 is 6.10 Å². The Labute approximate surface area is 146 Å². The second-order valence-corrected chi connectivity index (χ2v) is 6.67. The van der Waals surface area contributed by atoms with Crippen LogP contribution < -0.4 is 0 Å². The molecule has 3 rings (SSSR count). The monoisotopic (exact) mass is 348 g/mol. The Bertz CT molecular complexity index is 744. The lowest BCUT2D eigenvalue weighted by Gasteiger charge is -2.25. The van der Waals surface area contributed by atoms with Crippen molar-refractivity contribution in [3.63, 3.8) is 0 Å². The minimum atomic E-state index is -0.427. The third-order valence-electron chi connectivity index (χ3n) is 4.43. The van der Waals surface area contributed by atoms with E-state index in [1.807, 2.05) is 25.1 Å². The van der Waals surface area contributed by atoms with Crippen LogP contribution in [0.4, 0.5) is 0 Å². The number of para-hydroxylation sites is 1. The zero-order chi connectivity index (χ0) is 17.3. The molecule has 128 valence electrons. The standard InChI is InChI=1S/C17H21ClN4O2/c1-11(23)10-13-6-5-9-21(13)17(24)16-12(2)22(20-19-16)15-8-4-3-7-14(15)18/h3-4,7-8,11,13,23H,5-6,9-10H2,1-2H3. The molecule has 1 aromatic carbocycles. The van der Waals surface area contributed by atoms with E-state index in [9.17, 15) is 9.90 Å². The molecule has 1 saturated heterocycles. The van der Waals surface area contributed by atoms with Crippen LogP contribution in [-0.2, 0) is 0 Å². The fourth-order valence-corrected chi connectivity index (χ4v) is 3.47. The maximum Gasteiger partial charge on any atom is 0.276 e. The van der Waals surface area contributed by atoms with Crippen molar-refractivity contribution in [2.24, 2.45) is 0 Å². The van der Waals surface area contributed by atoms with Gasteiger partial charge in [-0.2, -0.15) is 0 Å². The Hall–Kier alpha value is -1.92. The minimum absolute atomic E-state index is 0.0577. The van der Waals surface area contributed by atoms with Crippen molar-refractivity contribution in [2.75, 3.05) is 6.54 Å². The van der Waals surface area contributed by atoms with E-state index in [-0.39, 0.29) is 11.9 Å². The fraction of sp³-hybridized carbons (Fsp3) is 0.471. The average Bonchev–Trinajstić information content (AvgIpc) is 3.13. The van der Waals surface area contributed by atoms with Crippen LogP contribution >= 0.6 is 11.6 Å². The maximum absolute atomic E-state index is 12.9. The number of aliphatic hydroxyl groups excluding tert-OH is 1. The summed E-state index contributed by atoms with van der Waals surface area (Å²) in [6, 6.07) is 7.38. The third kappa shape index (κ3) is 3.16. The van der Waals surface area contributed by atoms with Gasteiger partial charge < -0.3 is 10.0 Å². The van der Waals surface area contributed by atoms with Gasteiger partial charge in [0.2, 0.25) is 0 Å². The molecule has 1 aromatic heterocycles. The van der Waals surface area contributed by atoms with Gasteiger partial charge in [0.1, 0.15) is 0 Å². The van der Waals surface area contributed by atoms with Crippen LogP contribution in [0.15, 0.2) is 24.3 Å². The van der Waals surface area contributed by atoms with E-state index in [0.29, 0.717) is 35.1 Å². The van der Waals surface area contributed by atoms with Gasteiger partial charge in [0.25, 0.3) is 5.91 Å². The number of benzene rings is 1. The van der Waals surface area contributed by atoms with Crippen molar-refractivity contribution in [2.45, 2.75) is 45.3 Å². The zero-order valence-corrected chi connectivity index (χ0v) is 14.6. The Kier molecular flexibility index (Phi) is 4.87. The van der Waals surface area contributed by atoms with Crippen molar-refractivity contribution in [3.8, 4) is 5.69 Å². The van der Waals surface area contributed by atoms with Crippen LogP contribution in [0, 0.1) is 6.92 Å². The maximum atomic E-state index is 12.9. The lowest BCUT2D eigenvalue weighted by Crippen LogP contribution is -2.37. The Morgan fingerprint density at radius 2 is 2.21 bits per heavy atom. The molecular weight excluding hydrogens is 328 g/mol. The van der Waals surface area contributed by atoms with Gasteiger partial charge in [-0.1, -0.05) is 28.9 Å². The molecule has 0 radical (unpaired) electrons. The molecule has 0 bridgehead atoms. The number of carbonyl (C=O) groups excluding carboxylic acids is 1. The molecule has 2 aromatic rings. The normalized spacial score (nSPS) is 18.8. The van der Waals surface area contributed by atoms with E-state index in [1.54, 1.807) is 22.6 Å². The van der Waals surface area contributed by atoms with Crippen LogP contribution in [0.3, 0.4) is 0 Å². The van der Waals surface area contributed by atoms with Crippen LogP contribution in [0.25, 0.3) is 5.69 Å². The van der Waals surface area contributed by atoms with Crippen molar-refractivity contribution < 1.29 is 9.90 Å². The predicted octanol–water partition coefficient (Wildman–Crippen LogP) is 2.60. The molecular formula is C17H21ClN4O2. The summed E-state index contributed by atoms with van der Waals surface area (Å²) in [6.07, 6.45) is 2.02. The summed E-state index contributed by atoms with van der Waals surface area (Å²) in [6.45, 7) is 4.25. The molecule has 2 atom stereocenters. The first-order valence-corrected chi connectivity index (χ1v) is 8.53. The highest BCUT2D eigenvalue weighted by Gasteiger charge is 2.32. The average molecular weight is 349 g/mol. The number of carbonyl (C=O) groups is 1. The molecule has 1 aliphatic rings. The first-order valence-electron chi connectivity index (χ1n) is 8.15. The predicted molar refractivity (Wildman–Crippen MR) is 91.5 cm³/mol. The number of nitrogens with zero attached hydrogens (tertiary/aromatic N) is 4. The molecule has 1 fully saturated rings. The van der Waals surface area contributed by atoms with Gasteiger partial charge in [-0.15, -0.1) is 5.10 Å². The Balaban J connectivity index is 1.88. The lowest BCUT2D eigenvalue weighted by atomic mass is 10.1. The largest absolute Gasteiger partial charge is 0.393 e. The van der Waals surface area contributed by atoms with Gasteiger partial charge in [0.05, 0.1) is 22.5 Å². The van der Waals surface area contributed by atoms with E-state index in [0.717, 1.165) is 12.8 Å². The number of aliphatic hydroxyl groups is 1. The molecule has 0 saturated carbocycles. The summed E-state index contributed by atoms with van der Waals surface area (Å²) in [5, 5.41) is 18.4. The minimum Gasteiger partial charge on any atom is -0.393 e. The van der Waals surface area contributed by atoms with Crippen LogP contribution in [0.2, 0.25) is 5.02 Å². The number of amides is 1. The Morgan fingerprint density at radius 3 is 2.92 bits per heavy atom. The summed E-state index contributed by atoms with van der Waals surface area (Å²) in [5.41, 5.74) is 1.70. The van der Waals surface area contributed by atoms with Gasteiger partial charge in [-0.05, 0) is 45.2 Å². The van der Waals surface area contributed by atoms with Crippen LogP contribution in [0.1, 0.15) is 42.4 Å². The molecule has 2 unspecified atom stereocenters. The number of hydrogen-bond donors (Lipinski definition) is 1. The first kappa shape index (κ1) is 16.9. The van der Waals surface area contributed by atoms with E-state index >= 15 is 0 Å². The van der Waals surface area contributed by atoms with Gasteiger partial charge in [0, 0.05) is 12.6 Å². The van der Waals surface area contributed by atoms with Crippen molar-refractivity contribution in [1.82, 2.24) is 19.9 Å². The smallest absolute Gasteiger partial charge is 0.276 e. The van der Waals surface area contributed by atoms with Crippen molar-refractivity contribution >= 4 is 17.5 Å². The molecule has 7 heteroatoms. The lowest BCUT2D eigenvalue weighted by molar-refractivity contribution is 0.0675. The first-order chi connectivity index (χ1) is 11.5. The second-order valence-electron chi connectivity index (χ2n) is 6.27. The molecule has 0 spiro atoms. The van der Waals surface area contributed by atoms with Gasteiger partial charge in [0.15, 0.2) is 5.69 Å². The third-order valence-corrected chi connectivity index (χ3v) is 4.75. The molecule has 2 heterocycles. The highest BCUT2D eigenvalue weighted by molar-refractivity contribution is 6.32. The summed E-state index contributed by atoms with van der Waals surface area (Å²) < 4.78 is 1.59. The summed E-state index contributed by atoms with van der Waals surface area (Å²) in [4.78, 5) is 14.7. The number of aromatic nitrogens is 3. The Morgan fingerprint density at radius 1 is 1.46 bits per heavy atom. The molecule has 1 amide bonds. The van der Waals surface area contributed by atoms with Gasteiger partial charge >= 0.3 is 0 Å². The molecule has 24 heavy (non-hydrogen) atoms. The second kappa shape index (κ2) is 6.91. The van der Waals surface area contributed by atoms with Crippen LogP contribution in [0.5, 0.6) is 0 Å². The number of hydrogen-bond acceptors (Lipinski definition) is 4. The molecule has 1 N–H and O–H groups in total. The summed E-state index contributed by atoms with van der Waals surface area (Å²) >= 11 is 6.22. The summed E-state index contributed by atoms with van der Waals surface area (Å²) in [7, 11) is 0. The zero-order valence-electron chi connectivity index (χ0n) is 13.8.